The van der Waals surface area contributed by atoms with E-state index in [0.717, 1.165) is 11.3 Å². The molecule has 1 unspecified atom stereocenters. The van der Waals surface area contributed by atoms with Gasteiger partial charge >= 0.3 is 6.43 Å². The van der Waals surface area contributed by atoms with Gasteiger partial charge in [0.05, 0.1) is 5.71 Å². The molecule has 0 saturated heterocycles. The Morgan fingerprint density at radius 2 is 2.05 bits per heavy atom. The zero-order valence-electron chi connectivity index (χ0n) is 10.7. The Balaban J connectivity index is 2.12. The molecule has 1 atom stereocenters. The molecular weight excluding hydrogens is 268 g/mol. The second kappa shape index (κ2) is 5.77. The third-order valence-corrected chi connectivity index (χ3v) is 2.91. The maximum absolute atomic E-state index is 12.1. The van der Waals surface area contributed by atoms with E-state index in [1.165, 1.54) is 12.1 Å². The lowest BCUT2D eigenvalue weighted by molar-refractivity contribution is -0.126. The summed E-state index contributed by atoms with van der Waals surface area (Å²) in [7, 11) is 0. The Hall–Kier alpha value is -2.31. The van der Waals surface area contributed by atoms with E-state index in [-0.39, 0.29) is 17.5 Å². The summed E-state index contributed by atoms with van der Waals surface area (Å²) in [6.45, 7) is 1.88. The molecule has 2 N–H and O–H groups in total. The Morgan fingerprint density at radius 3 is 2.60 bits per heavy atom. The third-order valence-electron chi connectivity index (χ3n) is 2.91. The first-order valence-electron chi connectivity index (χ1n) is 6.03. The number of alkyl halides is 2. The van der Waals surface area contributed by atoms with Crippen molar-refractivity contribution in [3.8, 4) is 0 Å². The van der Waals surface area contributed by atoms with Gasteiger partial charge in [0, 0.05) is 18.0 Å². The number of anilines is 1. The minimum absolute atomic E-state index is 0.0229. The summed E-state index contributed by atoms with van der Waals surface area (Å²) in [5, 5.41) is 6.08. The Morgan fingerprint density at radius 1 is 1.40 bits per heavy atom. The van der Waals surface area contributed by atoms with Gasteiger partial charge in [-0.15, -0.1) is 0 Å². The highest BCUT2D eigenvalue weighted by Crippen LogP contribution is 2.18. The zero-order valence-corrected chi connectivity index (χ0v) is 10.7. The number of carbonyl (C=O) groups is 2. The number of rotatable bonds is 3. The summed E-state index contributed by atoms with van der Waals surface area (Å²) in [4.78, 5) is 22.0. The quantitative estimate of drug-likeness (QED) is 0.886. The maximum Gasteiger partial charge on any atom is 0.315 e. The van der Waals surface area contributed by atoms with E-state index in [1.807, 2.05) is 6.92 Å². The van der Waals surface area contributed by atoms with Crippen molar-refractivity contribution in [1.82, 2.24) is 5.43 Å². The van der Waals surface area contributed by atoms with Gasteiger partial charge in [-0.1, -0.05) is 19.1 Å². The average Bonchev–Trinajstić information content (AvgIpc) is 2.40. The van der Waals surface area contributed by atoms with Crippen molar-refractivity contribution >= 4 is 23.2 Å². The van der Waals surface area contributed by atoms with Gasteiger partial charge in [-0.25, -0.2) is 5.43 Å². The fourth-order valence-electron chi connectivity index (χ4n) is 1.92. The first-order chi connectivity index (χ1) is 9.47. The molecule has 1 aliphatic heterocycles. The topological polar surface area (TPSA) is 70.6 Å². The molecule has 106 valence electrons. The number of hydrogen-bond donors (Lipinski definition) is 2. The van der Waals surface area contributed by atoms with E-state index in [0.29, 0.717) is 6.42 Å². The monoisotopic (exact) mass is 281 g/mol. The minimum Gasteiger partial charge on any atom is -0.321 e. The van der Waals surface area contributed by atoms with Crippen LogP contribution in [-0.2, 0) is 9.59 Å². The standard InChI is InChI=1S/C13H13F2N3O2/c1-7-6-10(19)17-18-11(7)8-2-4-9(5-3-8)16-13(20)12(14)15/h2-5,7,12H,6H2,1H3,(H,16,20)(H,17,19). The summed E-state index contributed by atoms with van der Waals surface area (Å²) < 4.78 is 24.2. The number of hydrogen-bond acceptors (Lipinski definition) is 3. The van der Waals surface area contributed by atoms with E-state index in [1.54, 1.807) is 12.1 Å². The van der Waals surface area contributed by atoms with Gasteiger partial charge in [-0.3, -0.25) is 9.59 Å². The van der Waals surface area contributed by atoms with Gasteiger partial charge in [-0.2, -0.15) is 13.9 Å². The largest absolute Gasteiger partial charge is 0.321 e. The molecule has 7 heteroatoms. The van der Waals surface area contributed by atoms with Crippen molar-refractivity contribution in [2.45, 2.75) is 19.8 Å². The van der Waals surface area contributed by atoms with Gasteiger partial charge < -0.3 is 5.32 Å². The Labute approximate surface area is 114 Å². The van der Waals surface area contributed by atoms with E-state index >= 15 is 0 Å². The molecule has 0 bridgehead atoms. The van der Waals surface area contributed by atoms with Crippen LogP contribution in [-0.4, -0.2) is 24.0 Å². The molecule has 0 aromatic heterocycles. The van der Waals surface area contributed by atoms with Gasteiger partial charge in [0.1, 0.15) is 0 Å². The van der Waals surface area contributed by atoms with Crippen LogP contribution in [0.1, 0.15) is 18.9 Å². The van der Waals surface area contributed by atoms with Crippen LogP contribution < -0.4 is 10.7 Å². The summed E-state index contributed by atoms with van der Waals surface area (Å²) in [5.74, 6) is -1.50. The smallest absolute Gasteiger partial charge is 0.315 e. The first kappa shape index (κ1) is 14.1. The summed E-state index contributed by atoms with van der Waals surface area (Å²) in [5.41, 5.74) is 4.18. The average molecular weight is 281 g/mol. The van der Waals surface area contributed by atoms with Crippen LogP contribution in [0.15, 0.2) is 29.4 Å². The van der Waals surface area contributed by atoms with E-state index in [4.69, 9.17) is 0 Å². The van der Waals surface area contributed by atoms with Gasteiger partial charge in [0.15, 0.2) is 0 Å². The minimum atomic E-state index is -3.05. The number of halogens is 2. The van der Waals surface area contributed by atoms with Crippen molar-refractivity contribution < 1.29 is 18.4 Å². The van der Waals surface area contributed by atoms with E-state index < -0.39 is 12.3 Å². The van der Waals surface area contributed by atoms with E-state index in [2.05, 4.69) is 15.8 Å². The van der Waals surface area contributed by atoms with Crippen LogP contribution in [0.2, 0.25) is 0 Å². The predicted molar refractivity (Wildman–Crippen MR) is 69.5 cm³/mol. The fourth-order valence-corrected chi connectivity index (χ4v) is 1.92. The molecule has 0 fully saturated rings. The van der Waals surface area contributed by atoms with Crippen LogP contribution in [0, 0.1) is 5.92 Å². The molecule has 1 aliphatic rings. The van der Waals surface area contributed by atoms with Crippen LogP contribution in [0.5, 0.6) is 0 Å². The highest BCUT2D eigenvalue weighted by Gasteiger charge is 2.21. The Kier molecular flexibility index (Phi) is 4.07. The molecule has 20 heavy (non-hydrogen) atoms. The number of hydrazone groups is 1. The van der Waals surface area contributed by atoms with Gasteiger partial charge in [0.25, 0.3) is 5.91 Å². The molecule has 0 spiro atoms. The normalized spacial score (nSPS) is 18.5. The van der Waals surface area contributed by atoms with Crippen LogP contribution in [0.4, 0.5) is 14.5 Å². The summed E-state index contributed by atoms with van der Waals surface area (Å²) >= 11 is 0. The number of nitrogens with one attached hydrogen (secondary N) is 2. The second-order valence-electron chi connectivity index (χ2n) is 4.50. The second-order valence-corrected chi connectivity index (χ2v) is 4.50. The first-order valence-corrected chi connectivity index (χ1v) is 6.03. The van der Waals surface area contributed by atoms with Crippen LogP contribution in [0.25, 0.3) is 0 Å². The predicted octanol–water partition coefficient (Wildman–Crippen LogP) is 1.75. The summed E-state index contributed by atoms with van der Waals surface area (Å²) in [6, 6.07) is 6.35. The van der Waals surface area contributed by atoms with Crippen molar-refractivity contribution in [2.75, 3.05) is 5.32 Å². The molecule has 1 heterocycles. The molecule has 0 radical (unpaired) electrons. The maximum atomic E-state index is 12.1. The third kappa shape index (κ3) is 3.17. The van der Waals surface area contributed by atoms with Crippen LogP contribution in [0.3, 0.4) is 0 Å². The number of nitrogens with zero attached hydrogens (tertiary/aromatic N) is 1. The van der Waals surface area contributed by atoms with E-state index in [9.17, 15) is 18.4 Å². The molecule has 5 nitrogen and oxygen atoms in total. The molecule has 0 saturated carbocycles. The SMILES string of the molecule is CC1CC(=O)NN=C1c1ccc(NC(=O)C(F)F)cc1. The van der Waals surface area contributed by atoms with Crippen molar-refractivity contribution in [1.29, 1.82) is 0 Å². The lowest BCUT2D eigenvalue weighted by Crippen LogP contribution is -2.31. The molecular formula is C13H13F2N3O2. The highest BCUT2D eigenvalue weighted by atomic mass is 19.3. The lowest BCUT2D eigenvalue weighted by atomic mass is 9.94. The molecule has 0 aliphatic carbocycles. The van der Waals surface area contributed by atoms with Crippen molar-refractivity contribution in [2.24, 2.45) is 11.0 Å². The zero-order chi connectivity index (χ0) is 14.7. The van der Waals surface area contributed by atoms with Gasteiger partial charge in [0.2, 0.25) is 5.91 Å². The Bertz CT molecular complexity index is 555. The highest BCUT2D eigenvalue weighted by molar-refractivity contribution is 6.06. The summed E-state index contributed by atoms with van der Waals surface area (Å²) in [6.07, 6.45) is -2.70. The van der Waals surface area contributed by atoms with Crippen molar-refractivity contribution in [3.63, 3.8) is 0 Å². The molecule has 2 rings (SSSR count). The molecule has 2 amide bonds. The van der Waals surface area contributed by atoms with Gasteiger partial charge in [-0.05, 0) is 17.7 Å². The number of carbonyl (C=O) groups excluding carboxylic acids is 2. The molecule has 1 aromatic rings. The number of benzene rings is 1. The number of amides is 2. The van der Waals surface area contributed by atoms with Crippen LogP contribution >= 0.6 is 0 Å². The lowest BCUT2D eigenvalue weighted by Gasteiger charge is -2.19. The van der Waals surface area contributed by atoms with Crippen molar-refractivity contribution in [3.05, 3.63) is 29.8 Å². The fraction of sp³-hybridized carbons (Fsp3) is 0.308. The molecule has 1 aromatic carbocycles.